The van der Waals surface area contributed by atoms with Gasteiger partial charge in [-0.3, -0.25) is 0 Å². The molecule has 0 amide bonds. The summed E-state index contributed by atoms with van der Waals surface area (Å²) in [4.78, 5) is 0. The zero-order valence-electron chi connectivity index (χ0n) is 16.0. The van der Waals surface area contributed by atoms with Gasteiger partial charge in [0.15, 0.2) is 0 Å². The molecule has 4 aromatic carbocycles. The van der Waals surface area contributed by atoms with Crippen LogP contribution >= 0.6 is 0 Å². The van der Waals surface area contributed by atoms with Crippen LogP contribution in [0.15, 0.2) is 91.0 Å². The molecule has 0 aromatic heterocycles. The monoisotopic (exact) mass is 389 g/mol. The van der Waals surface area contributed by atoms with Gasteiger partial charge in [-0.1, -0.05) is 90.5 Å². The molecule has 0 saturated carbocycles. The van der Waals surface area contributed by atoms with Crippen LogP contribution in [-0.2, 0) is 12.6 Å². The van der Waals surface area contributed by atoms with Crippen LogP contribution < -0.4 is 0 Å². The van der Waals surface area contributed by atoms with E-state index in [1.807, 2.05) is 67.6 Å². The Kier molecular flexibility index (Phi) is 5.14. The third kappa shape index (κ3) is 4.34. The molecule has 0 aliphatic heterocycles. The van der Waals surface area contributed by atoms with Gasteiger partial charge < -0.3 is 0 Å². The zero-order chi connectivity index (χ0) is 20.4. The summed E-state index contributed by atoms with van der Waals surface area (Å²) in [5, 5.41) is 2.17. The van der Waals surface area contributed by atoms with Crippen LogP contribution in [-0.4, -0.2) is 0 Å². The Hall–Kier alpha value is -3.07. The molecule has 0 aliphatic carbocycles. The Morgan fingerprint density at radius 2 is 1.38 bits per heavy atom. The van der Waals surface area contributed by atoms with Crippen molar-refractivity contribution in [1.29, 1.82) is 0 Å². The second kappa shape index (κ2) is 7.75. The van der Waals surface area contributed by atoms with Crippen LogP contribution in [0.5, 0.6) is 0 Å². The van der Waals surface area contributed by atoms with E-state index in [2.05, 4.69) is 6.07 Å². The molecule has 145 valence electrons. The molecule has 0 heterocycles. The van der Waals surface area contributed by atoms with Crippen LogP contribution in [0.4, 0.5) is 13.2 Å². The molecule has 1 radical (unpaired) electrons. The van der Waals surface area contributed by atoms with E-state index < -0.39 is 11.7 Å². The average Bonchev–Trinajstić information content (AvgIpc) is 2.72. The predicted octanol–water partition coefficient (Wildman–Crippen LogP) is 7.38. The molecule has 4 rings (SSSR count). The van der Waals surface area contributed by atoms with E-state index in [1.165, 1.54) is 12.1 Å². The maximum Gasteiger partial charge on any atom is 0.416 e. The highest BCUT2D eigenvalue weighted by atomic mass is 19.4. The SMILES string of the molecule is Cc1ccc(C[C](c2cccc(C(F)(F)F)c2)c2ccc3ccccc3c2)cc1. The molecule has 0 unspecified atom stereocenters. The number of alkyl halides is 3. The Labute approximate surface area is 168 Å². The fourth-order valence-electron chi connectivity index (χ4n) is 3.54. The summed E-state index contributed by atoms with van der Waals surface area (Å²) in [6, 6.07) is 27.8. The van der Waals surface area contributed by atoms with E-state index in [4.69, 9.17) is 0 Å². The fourth-order valence-corrected chi connectivity index (χ4v) is 3.54. The van der Waals surface area contributed by atoms with Gasteiger partial charge >= 0.3 is 6.18 Å². The molecule has 4 aromatic rings. The molecular weight excluding hydrogens is 369 g/mol. The first-order valence-corrected chi connectivity index (χ1v) is 9.48. The molecule has 0 fully saturated rings. The molecule has 0 nitrogen and oxygen atoms in total. The summed E-state index contributed by atoms with van der Waals surface area (Å²) in [6.07, 6.45) is -3.81. The van der Waals surface area contributed by atoms with Gasteiger partial charge in [0.25, 0.3) is 0 Å². The first-order chi connectivity index (χ1) is 13.9. The predicted molar refractivity (Wildman–Crippen MR) is 112 cm³/mol. The highest BCUT2D eigenvalue weighted by Crippen LogP contribution is 2.35. The normalized spacial score (nSPS) is 11.9. The van der Waals surface area contributed by atoms with Gasteiger partial charge in [0.05, 0.1) is 5.56 Å². The Morgan fingerprint density at radius 1 is 0.690 bits per heavy atom. The zero-order valence-corrected chi connectivity index (χ0v) is 16.0. The minimum atomic E-state index is -4.37. The van der Waals surface area contributed by atoms with Crippen molar-refractivity contribution in [3.63, 3.8) is 0 Å². The van der Waals surface area contributed by atoms with Crippen molar-refractivity contribution in [1.82, 2.24) is 0 Å². The van der Waals surface area contributed by atoms with Crippen LogP contribution in [0, 0.1) is 12.8 Å². The molecule has 0 atom stereocenters. The number of hydrogen-bond donors (Lipinski definition) is 0. The van der Waals surface area contributed by atoms with Crippen molar-refractivity contribution in [2.75, 3.05) is 0 Å². The van der Waals surface area contributed by atoms with E-state index in [9.17, 15) is 13.2 Å². The number of fused-ring (bicyclic) bond motifs is 1. The second-order valence-electron chi connectivity index (χ2n) is 7.28. The molecule has 3 heteroatoms. The smallest absolute Gasteiger partial charge is 0.166 e. The molecule has 0 spiro atoms. The Morgan fingerprint density at radius 3 is 2.10 bits per heavy atom. The minimum absolute atomic E-state index is 0.555. The lowest BCUT2D eigenvalue weighted by molar-refractivity contribution is -0.137. The van der Waals surface area contributed by atoms with Gasteiger partial charge in [-0.25, -0.2) is 0 Å². The highest BCUT2D eigenvalue weighted by molar-refractivity contribution is 5.84. The van der Waals surface area contributed by atoms with Crippen molar-refractivity contribution in [2.24, 2.45) is 0 Å². The number of rotatable bonds is 4. The summed E-state index contributed by atoms with van der Waals surface area (Å²) < 4.78 is 39.9. The van der Waals surface area contributed by atoms with Crippen LogP contribution in [0.2, 0.25) is 0 Å². The molecule has 29 heavy (non-hydrogen) atoms. The lowest BCUT2D eigenvalue weighted by Crippen LogP contribution is -2.10. The fraction of sp³-hybridized carbons (Fsp3) is 0.115. The summed E-state index contributed by atoms with van der Waals surface area (Å²) in [6.45, 7) is 2.02. The van der Waals surface area contributed by atoms with Crippen LogP contribution in [0.25, 0.3) is 10.8 Å². The maximum absolute atomic E-state index is 13.3. The van der Waals surface area contributed by atoms with Gasteiger partial charge in [-0.2, -0.15) is 13.2 Å². The van der Waals surface area contributed by atoms with Crippen LogP contribution in [0.1, 0.15) is 27.8 Å². The van der Waals surface area contributed by atoms with Crippen molar-refractivity contribution in [3.8, 4) is 0 Å². The maximum atomic E-state index is 13.3. The van der Waals surface area contributed by atoms with Crippen molar-refractivity contribution in [3.05, 3.63) is 125 Å². The lowest BCUT2D eigenvalue weighted by Gasteiger charge is -2.20. The van der Waals surface area contributed by atoms with E-state index in [0.717, 1.165) is 39.4 Å². The number of aryl methyl sites for hydroxylation is 1. The number of halogens is 3. The van der Waals surface area contributed by atoms with E-state index in [-0.39, 0.29) is 0 Å². The summed E-state index contributed by atoms with van der Waals surface area (Å²) in [5.74, 6) is 0.880. The molecule has 0 N–H and O–H groups in total. The standard InChI is InChI=1S/C26H20F3/c1-18-9-11-19(12-10-18)15-25(22-7-4-8-24(17-22)26(27,28)29)23-14-13-20-5-2-3-6-21(20)16-23/h2-14,16-17H,15H2,1H3. The van der Waals surface area contributed by atoms with Gasteiger partial charge in [0, 0.05) is 5.92 Å². The first-order valence-electron chi connectivity index (χ1n) is 9.48. The van der Waals surface area contributed by atoms with E-state index >= 15 is 0 Å². The Bertz CT molecular complexity index is 1120. The number of benzene rings is 4. The van der Waals surface area contributed by atoms with E-state index in [0.29, 0.717) is 12.0 Å². The first kappa shape index (κ1) is 19.3. The molecule has 0 saturated heterocycles. The minimum Gasteiger partial charge on any atom is -0.166 e. The summed E-state index contributed by atoms with van der Waals surface area (Å²) in [7, 11) is 0. The van der Waals surface area contributed by atoms with Crippen molar-refractivity contribution >= 4 is 10.8 Å². The molecule has 0 bridgehead atoms. The van der Waals surface area contributed by atoms with Gasteiger partial charge in [-0.15, -0.1) is 0 Å². The largest absolute Gasteiger partial charge is 0.416 e. The van der Waals surface area contributed by atoms with Crippen LogP contribution in [0.3, 0.4) is 0 Å². The van der Waals surface area contributed by atoms with Crippen molar-refractivity contribution in [2.45, 2.75) is 19.5 Å². The van der Waals surface area contributed by atoms with E-state index in [1.54, 1.807) is 6.07 Å². The average molecular weight is 389 g/mol. The third-order valence-corrected chi connectivity index (χ3v) is 5.14. The quantitative estimate of drug-likeness (QED) is 0.341. The topological polar surface area (TPSA) is 0 Å². The second-order valence-corrected chi connectivity index (χ2v) is 7.28. The van der Waals surface area contributed by atoms with Gasteiger partial charge in [-0.05, 0) is 46.9 Å². The summed E-state index contributed by atoms with van der Waals surface area (Å²) >= 11 is 0. The number of hydrogen-bond acceptors (Lipinski definition) is 0. The van der Waals surface area contributed by atoms with Gasteiger partial charge in [0.1, 0.15) is 0 Å². The summed E-state index contributed by atoms with van der Waals surface area (Å²) in [5.41, 5.74) is 3.12. The molecular formula is C26H20F3. The van der Waals surface area contributed by atoms with Gasteiger partial charge in [0.2, 0.25) is 0 Å². The lowest BCUT2D eigenvalue weighted by atomic mass is 9.84. The van der Waals surface area contributed by atoms with Crippen molar-refractivity contribution < 1.29 is 13.2 Å². The third-order valence-electron chi connectivity index (χ3n) is 5.14. The highest BCUT2D eigenvalue weighted by Gasteiger charge is 2.31. The molecule has 0 aliphatic rings. The Balaban J connectivity index is 1.81.